The monoisotopic (exact) mass is 254 g/mol. The zero-order valence-electron chi connectivity index (χ0n) is 7.68. The van der Waals surface area contributed by atoms with Crippen molar-refractivity contribution in [1.29, 1.82) is 0 Å². The maximum Gasteiger partial charge on any atom is 0.405 e. The van der Waals surface area contributed by atoms with E-state index in [0.29, 0.717) is 0 Å². The van der Waals surface area contributed by atoms with Gasteiger partial charge in [-0.2, -0.15) is 13.2 Å². The molecule has 0 aliphatic heterocycles. The Morgan fingerprint density at radius 3 is 2.62 bits per heavy atom. The fourth-order valence-electron chi connectivity index (χ4n) is 0.902. The van der Waals surface area contributed by atoms with Crippen LogP contribution in [-0.4, -0.2) is 28.8 Å². The molecule has 8 heteroatoms. The highest BCUT2D eigenvalue weighted by atomic mass is 35.5. The lowest BCUT2D eigenvalue weighted by molar-refractivity contribution is -0.115. The van der Waals surface area contributed by atoms with Gasteiger partial charge in [-0.15, -0.1) is 0 Å². The summed E-state index contributed by atoms with van der Waals surface area (Å²) < 4.78 is 35.6. The lowest BCUT2D eigenvalue weighted by atomic mass is 10.2. The molecule has 0 aliphatic rings. The minimum Gasteiger partial charge on any atom is -0.478 e. The molecule has 0 atom stereocenters. The van der Waals surface area contributed by atoms with E-state index in [4.69, 9.17) is 16.7 Å². The van der Waals surface area contributed by atoms with Gasteiger partial charge in [-0.05, 0) is 12.1 Å². The molecule has 0 amide bonds. The fourth-order valence-corrected chi connectivity index (χ4v) is 1.11. The van der Waals surface area contributed by atoms with Crippen molar-refractivity contribution in [3.63, 3.8) is 0 Å². The molecule has 1 heterocycles. The molecule has 0 aromatic carbocycles. The molecule has 4 nitrogen and oxygen atoms in total. The number of halogens is 4. The Bertz CT molecular complexity index is 409. The summed E-state index contributed by atoms with van der Waals surface area (Å²) in [7, 11) is 0. The second-order valence-corrected chi connectivity index (χ2v) is 3.22. The number of pyridine rings is 1. The number of carboxylic acids is 1. The highest BCUT2D eigenvalue weighted by Gasteiger charge is 2.27. The van der Waals surface area contributed by atoms with Crippen molar-refractivity contribution in [2.24, 2.45) is 0 Å². The first-order chi connectivity index (χ1) is 7.28. The second kappa shape index (κ2) is 4.56. The molecule has 88 valence electrons. The van der Waals surface area contributed by atoms with Gasteiger partial charge in [0.1, 0.15) is 17.5 Å². The van der Waals surface area contributed by atoms with Crippen molar-refractivity contribution in [3.8, 4) is 0 Å². The van der Waals surface area contributed by atoms with Crippen LogP contribution in [0.25, 0.3) is 0 Å². The number of aromatic nitrogens is 1. The third kappa shape index (κ3) is 3.93. The highest BCUT2D eigenvalue weighted by Crippen LogP contribution is 2.18. The summed E-state index contributed by atoms with van der Waals surface area (Å²) in [5.41, 5.74) is -0.232. The van der Waals surface area contributed by atoms with Crippen molar-refractivity contribution in [1.82, 2.24) is 4.98 Å². The second-order valence-electron chi connectivity index (χ2n) is 2.84. The van der Waals surface area contributed by atoms with Crippen LogP contribution in [0.3, 0.4) is 0 Å². The molecule has 1 aromatic heterocycles. The molecule has 0 saturated carbocycles. The van der Waals surface area contributed by atoms with Crippen LogP contribution in [0.4, 0.5) is 19.0 Å². The van der Waals surface area contributed by atoms with Crippen LogP contribution in [0.1, 0.15) is 10.4 Å². The molecule has 2 N–H and O–H groups in total. The Hall–Kier alpha value is -1.50. The van der Waals surface area contributed by atoms with Crippen LogP contribution in [-0.2, 0) is 0 Å². The van der Waals surface area contributed by atoms with E-state index in [0.717, 1.165) is 12.1 Å². The Labute approximate surface area is 93.1 Å². The lowest BCUT2D eigenvalue weighted by Gasteiger charge is -2.09. The number of hydrogen-bond acceptors (Lipinski definition) is 3. The molecular formula is C8H6ClF3N2O2. The molecule has 0 unspecified atom stereocenters. The van der Waals surface area contributed by atoms with E-state index in [1.165, 1.54) is 0 Å². The maximum atomic E-state index is 11.9. The van der Waals surface area contributed by atoms with Gasteiger partial charge in [0.05, 0.1) is 5.56 Å². The van der Waals surface area contributed by atoms with E-state index in [1.54, 1.807) is 0 Å². The zero-order chi connectivity index (χ0) is 12.3. The number of anilines is 1. The van der Waals surface area contributed by atoms with Gasteiger partial charge in [-0.1, -0.05) is 11.6 Å². The molecule has 1 aromatic rings. The van der Waals surface area contributed by atoms with Gasteiger partial charge in [0.25, 0.3) is 0 Å². The predicted molar refractivity (Wildman–Crippen MR) is 50.8 cm³/mol. The van der Waals surface area contributed by atoms with Gasteiger partial charge in [0.2, 0.25) is 0 Å². The number of carboxylic acid groups (broad SMARTS) is 1. The largest absolute Gasteiger partial charge is 0.478 e. The summed E-state index contributed by atoms with van der Waals surface area (Å²) in [6, 6.07) is 2.02. The summed E-state index contributed by atoms with van der Waals surface area (Å²) in [5.74, 6) is -1.53. The molecule has 0 aliphatic carbocycles. The number of alkyl halides is 3. The van der Waals surface area contributed by atoms with Gasteiger partial charge in [-0.25, -0.2) is 9.78 Å². The molecule has 0 fully saturated rings. The van der Waals surface area contributed by atoms with Crippen LogP contribution >= 0.6 is 11.6 Å². The number of carbonyl (C=O) groups is 1. The van der Waals surface area contributed by atoms with E-state index in [2.05, 4.69) is 4.98 Å². The Balaban J connectivity index is 2.85. The summed E-state index contributed by atoms with van der Waals surface area (Å²) in [4.78, 5) is 14.1. The van der Waals surface area contributed by atoms with Gasteiger partial charge in [0, 0.05) is 0 Å². The Morgan fingerprint density at radius 2 is 2.12 bits per heavy atom. The Kier molecular flexibility index (Phi) is 3.58. The SMILES string of the molecule is O=C(O)c1cc(Cl)nc(NCC(F)(F)F)c1. The van der Waals surface area contributed by atoms with Crippen LogP contribution in [0.2, 0.25) is 5.15 Å². The standard InChI is InChI=1S/C8H6ClF3N2O2/c9-5-1-4(7(15)16)2-6(14-5)13-3-8(10,11)12/h1-2H,3H2,(H,13,14)(H,15,16). The molecule has 0 spiro atoms. The number of hydrogen-bond donors (Lipinski definition) is 2. The van der Waals surface area contributed by atoms with E-state index in [-0.39, 0.29) is 16.5 Å². The summed E-state index contributed by atoms with van der Waals surface area (Å²) in [6.45, 7) is -1.31. The molecule has 0 bridgehead atoms. The van der Waals surface area contributed by atoms with Crippen molar-refractivity contribution >= 4 is 23.4 Å². The molecule has 16 heavy (non-hydrogen) atoms. The normalized spacial score (nSPS) is 11.2. The summed E-state index contributed by atoms with van der Waals surface area (Å²) in [5, 5.41) is 10.4. The number of nitrogens with zero attached hydrogens (tertiary/aromatic N) is 1. The van der Waals surface area contributed by atoms with Crippen LogP contribution in [0.15, 0.2) is 12.1 Å². The molecule has 1 rings (SSSR count). The maximum absolute atomic E-state index is 11.9. The average molecular weight is 255 g/mol. The van der Waals surface area contributed by atoms with Crippen molar-refractivity contribution in [2.45, 2.75) is 6.18 Å². The first kappa shape index (κ1) is 12.6. The smallest absolute Gasteiger partial charge is 0.405 e. The number of rotatable bonds is 3. The number of aromatic carboxylic acids is 1. The van der Waals surface area contributed by atoms with Gasteiger partial charge in [0.15, 0.2) is 0 Å². The van der Waals surface area contributed by atoms with Crippen molar-refractivity contribution in [2.75, 3.05) is 11.9 Å². The molecular weight excluding hydrogens is 249 g/mol. The highest BCUT2D eigenvalue weighted by molar-refractivity contribution is 6.29. The predicted octanol–water partition coefficient (Wildman–Crippen LogP) is 2.41. The molecule has 0 saturated heterocycles. The van der Waals surface area contributed by atoms with Gasteiger partial charge >= 0.3 is 12.1 Å². The zero-order valence-corrected chi connectivity index (χ0v) is 8.43. The van der Waals surface area contributed by atoms with Crippen molar-refractivity contribution < 1.29 is 23.1 Å². The Morgan fingerprint density at radius 1 is 1.50 bits per heavy atom. The van der Waals surface area contributed by atoms with Crippen LogP contribution in [0.5, 0.6) is 0 Å². The lowest BCUT2D eigenvalue weighted by Crippen LogP contribution is -2.22. The minimum atomic E-state index is -4.41. The number of nitrogens with one attached hydrogen (secondary N) is 1. The van der Waals surface area contributed by atoms with Crippen molar-refractivity contribution in [3.05, 3.63) is 22.8 Å². The van der Waals surface area contributed by atoms with E-state index < -0.39 is 18.7 Å². The van der Waals surface area contributed by atoms with Crippen LogP contribution < -0.4 is 5.32 Å². The minimum absolute atomic E-state index is 0.190. The third-order valence-corrected chi connectivity index (χ3v) is 1.70. The fraction of sp³-hybridized carbons (Fsp3) is 0.250. The average Bonchev–Trinajstić information content (AvgIpc) is 2.13. The van der Waals surface area contributed by atoms with E-state index in [1.807, 2.05) is 5.32 Å². The molecule has 0 radical (unpaired) electrons. The van der Waals surface area contributed by atoms with E-state index >= 15 is 0 Å². The van der Waals surface area contributed by atoms with E-state index in [9.17, 15) is 18.0 Å². The summed E-state index contributed by atoms with van der Waals surface area (Å²) in [6.07, 6.45) is -4.41. The summed E-state index contributed by atoms with van der Waals surface area (Å²) >= 11 is 5.45. The topological polar surface area (TPSA) is 62.2 Å². The first-order valence-corrected chi connectivity index (χ1v) is 4.37. The first-order valence-electron chi connectivity index (χ1n) is 3.99. The van der Waals surface area contributed by atoms with Gasteiger partial charge in [-0.3, -0.25) is 0 Å². The third-order valence-electron chi connectivity index (χ3n) is 1.51. The van der Waals surface area contributed by atoms with Crippen LogP contribution in [0, 0.1) is 0 Å². The van der Waals surface area contributed by atoms with Gasteiger partial charge < -0.3 is 10.4 Å². The quantitative estimate of drug-likeness (QED) is 0.813.